The minimum absolute atomic E-state index is 0.0777. The van der Waals surface area contributed by atoms with Crippen LogP contribution in [-0.4, -0.2) is 98.2 Å². The third-order valence-electron chi connectivity index (χ3n) is 12.7. The zero-order valence-corrected chi connectivity index (χ0v) is 31.9. The molecule has 290 valence electrons. The van der Waals surface area contributed by atoms with Crippen LogP contribution in [0.15, 0.2) is 84.9 Å². The Bertz CT molecular complexity index is 2120. The van der Waals surface area contributed by atoms with Crippen LogP contribution in [0.25, 0.3) is 0 Å². The van der Waals surface area contributed by atoms with Crippen LogP contribution in [0.2, 0.25) is 0 Å². The predicted octanol–water partition coefficient (Wildman–Crippen LogP) is 5.51. The van der Waals surface area contributed by atoms with E-state index in [-0.39, 0.29) is 41.7 Å². The maximum Gasteiger partial charge on any atom is 0.255 e. The first-order chi connectivity index (χ1) is 27.3. The number of anilines is 2. The molecule has 3 amide bonds. The summed E-state index contributed by atoms with van der Waals surface area (Å²) < 4.78 is 11.8. The molecule has 0 spiro atoms. The molecule has 2 N–H and O–H groups in total. The van der Waals surface area contributed by atoms with Crippen molar-refractivity contribution in [3.8, 4) is 17.2 Å². The fourth-order valence-corrected chi connectivity index (χ4v) is 9.55. The maximum atomic E-state index is 13.2. The van der Waals surface area contributed by atoms with E-state index in [0.29, 0.717) is 31.1 Å². The minimum atomic E-state index is -0.593. The van der Waals surface area contributed by atoms with Gasteiger partial charge in [-0.15, -0.1) is 0 Å². The number of nitrogens with zero attached hydrogens (tertiary/aromatic N) is 4. The van der Waals surface area contributed by atoms with E-state index in [0.717, 1.165) is 74.1 Å². The highest BCUT2D eigenvalue weighted by molar-refractivity contribution is 6.05. The zero-order valence-electron chi connectivity index (χ0n) is 31.9. The van der Waals surface area contributed by atoms with Crippen molar-refractivity contribution in [1.82, 2.24) is 15.1 Å². The monoisotopic (exact) mass is 755 g/mol. The lowest BCUT2D eigenvalue weighted by Gasteiger charge is -2.40. The van der Waals surface area contributed by atoms with Gasteiger partial charge in [-0.2, -0.15) is 0 Å². The molecular weight excluding hydrogens is 707 g/mol. The van der Waals surface area contributed by atoms with Gasteiger partial charge in [0.2, 0.25) is 11.8 Å². The lowest BCUT2D eigenvalue weighted by molar-refractivity contribution is -0.136. The average molecular weight is 756 g/mol. The molecule has 4 aromatic carbocycles. The van der Waals surface area contributed by atoms with Gasteiger partial charge in [0.25, 0.3) is 5.91 Å². The highest BCUT2D eigenvalue weighted by Gasteiger charge is 2.39. The highest BCUT2D eigenvalue weighted by atomic mass is 16.5. The number of fused-ring (bicyclic) bond motifs is 2. The number of methoxy groups -OCH3 is 1. The van der Waals surface area contributed by atoms with E-state index in [1.54, 1.807) is 24.1 Å². The number of nitrogens with one attached hydrogen (secondary N) is 1. The predicted molar refractivity (Wildman–Crippen MR) is 214 cm³/mol. The van der Waals surface area contributed by atoms with Crippen molar-refractivity contribution in [2.75, 3.05) is 69.3 Å². The number of imide groups is 1. The number of rotatable bonds is 8. The van der Waals surface area contributed by atoms with Crippen molar-refractivity contribution in [3.63, 3.8) is 0 Å². The topological polar surface area (TPSA) is 115 Å². The minimum Gasteiger partial charge on any atom is -0.508 e. The molecule has 0 aromatic heterocycles. The third kappa shape index (κ3) is 7.04. The number of piperidine rings is 2. The number of carbonyl (C=O) groups is 3. The summed E-state index contributed by atoms with van der Waals surface area (Å²) in [4.78, 5) is 46.4. The summed E-state index contributed by atoms with van der Waals surface area (Å²) in [6.07, 6.45) is 2.96. The van der Waals surface area contributed by atoms with Crippen LogP contribution >= 0.6 is 0 Å². The molecule has 0 saturated carbocycles. The Kier molecular flexibility index (Phi) is 9.79. The Labute approximate surface area is 327 Å². The molecule has 3 saturated heterocycles. The Morgan fingerprint density at radius 1 is 0.804 bits per heavy atom. The number of ether oxygens (including phenoxy) is 2. The number of phenols is 1. The van der Waals surface area contributed by atoms with Gasteiger partial charge in [0, 0.05) is 99.2 Å². The molecule has 0 bridgehead atoms. The van der Waals surface area contributed by atoms with Crippen LogP contribution in [0.1, 0.15) is 70.1 Å². The van der Waals surface area contributed by atoms with Crippen molar-refractivity contribution >= 4 is 29.1 Å². The second-order valence-corrected chi connectivity index (χ2v) is 15.9. The molecule has 3 atom stereocenters. The Morgan fingerprint density at radius 3 is 2.34 bits per heavy atom. The Morgan fingerprint density at radius 2 is 1.57 bits per heavy atom. The van der Waals surface area contributed by atoms with E-state index in [9.17, 15) is 19.5 Å². The van der Waals surface area contributed by atoms with Crippen molar-refractivity contribution in [2.24, 2.45) is 5.92 Å². The van der Waals surface area contributed by atoms with Gasteiger partial charge >= 0.3 is 0 Å². The van der Waals surface area contributed by atoms with Gasteiger partial charge in [-0.1, -0.05) is 30.3 Å². The van der Waals surface area contributed by atoms with E-state index in [1.165, 1.54) is 29.7 Å². The number of carbonyl (C=O) groups excluding carboxylic acids is 3. The lowest BCUT2D eigenvalue weighted by atomic mass is 9.76. The largest absolute Gasteiger partial charge is 0.508 e. The number of phenolic OH excluding ortho intramolecular Hbond substituents is 1. The molecular formula is C45H49N5O6. The van der Waals surface area contributed by atoms with E-state index in [2.05, 4.69) is 62.5 Å². The maximum absolute atomic E-state index is 13.2. The molecule has 5 heterocycles. The number of hydrogen-bond acceptors (Lipinski definition) is 9. The van der Waals surface area contributed by atoms with Gasteiger partial charge in [-0.3, -0.25) is 24.6 Å². The summed E-state index contributed by atoms with van der Waals surface area (Å²) in [5.41, 5.74) is 7.47. The van der Waals surface area contributed by atoms with E-state index < -0.39 is 6.04 Å². The van der Waals surface area contributed by atoms with Gasteiger partial charge < -0.3 is 29.3 Å². The van der Waals surface area contributed by atoms with Crippen LogP contribution in [0.5, 0.6) is 17.2 Å². The van der Waals surface area contributed by atoms with Crippen molar-refractivity contribution in [3.05, 3.63) is 113 Å². The summed E-state index contributed by atoms with van der Waals surface area (Å²) >= 11 is 0. The molecule has 1 unspecified atom stereocenters. The van der Waals surface area contributed by atoms with E-state index >= 15 is 0 Å². The average Bonchev–Trinajstić information content (AvgIpc) is 3.55. The summed E-state index contributed by atoms with van der Waals surface area (Å²) in [7, 11) is 1.69. The number of piperazine rings is 1. The van der Waals surface area contributed by atoms with Gasteiger partial charge in [-0.25, -0.2) is 0 Å². The molecule has 4 aromatic rings. The van der Waals surface area contributed by atoms with Crippen LogP contribution in [0, 0.1) is 5.92 Å². The first kappa shape index (κ1) is 36.1. The zero-order chi connectivity index (χ0) is 38.3. The SMILES string of the molecule is COc1cccc([C@@H]2COc3cc(O)ccc3[C@@H]2c2ccc(N3CCC(CN4CCN(c5ccc6c(c5)CN(C5CCC(=O)NC5=O)C6=O)CC4)CC3)cc2)c1. The van der Waals surface area contributed by atoms with Gasteiger partial charge in [-0.05, 0) is 90.4 Å². The molecule has 5 aliphatic heterocycles. The summed E-state index contributed by atoms with van der Waals surface area (Å²) in [5, 5.41) is 12.6. The molecule has 3 fully saturated rings. The van der Waals surface area contributed by atoms with Crippen LogP contribution < -0.4 is 24.6 Å². The van der Waals surface area contributed by atoms with Crippen LogP contribution in [0.3, 0.4) is 0 Å². The van der Waals surface area contributed by atoms with E-state index in [4.69, 9.17) is 9.47 Å². The van der Waals surface area contributed by atoms with Crippen LogP contribution in [0.4, 0.5) is 11.4 Å². The number of amides is 3. The lowest BCUT2D eigenvalue weighted by Crippen LogP contribution is -2.52. The molecule has 5 aliphatic rings. The number of aromatic hydroxyl groups is 1. The van der Waals surface area contributed by atoms with Crippen molar-refractivity contribution in [1.29, 1.82) is 0 Å². The van der Waals surface area contributed by atoms with Gasteiger partial charge in [0.05, 0.1) is 13.7 Å². The summed E-state index contributed by atoms with van der Waals surface area (Å²) in [6.45, 7) is 8.00. The quantitative estimate of drug-likeness (QED) is 0.225. The smallest absolute Gasteiger partial charge is 0.255 e. The molecule has 9 rings (SSSR count). The summed E-state index contributed by atoms with van der Waals surface area (Å²) in [6, 6.07) is 28.3. The summed E-state index contributed by atoms with van der Waals surface area (Å²) in [5.74, 6) is 1.85. The normalized spacial score (nSPS) is 23.1. The van der Waals surface area contributed by atoms with Crippen molar-refractivity contribution in [2.45, 2.75) is 50.1 Å². The first-order valence-electron chi connectivity index (χ1n) is 20.0. The first-order valence-corrected chi connectivity index (χ1v) is 20.0. The molecule has 11 heteroatoms. The van der Waals surface area contributed by atoms with E-state index in [1.807, 2.05) is 30.3 Å². The number of hydrogen-bond donors (Lipinski definition) is 2. The Hall–Kier alpha value is -5.55. The standard InChI is InChI=1S/C45H49N5O6/c1-55-36-4-2-3-31(24-36)39-28-56-41-25-35(51)10-12-38(41)43(39)30-5-7-33(8-6-30)48-17-15-29(16-18-48)26-47-19-21-49(22-20-47)34-9-11-37-32(23-34)27-50(45(37)54)40-13-14-42(52)46-44(40)53/h2-12,23-25,29,39-40,43,51H,13-22,26-28H2,1H3,(H,46,52,53)/t39-,40?,43-/m0/s1. The molecule has 0 aliphatic carbocycles. The van der Waals surface area contributed by atoms with Crippen LogP contribution in [-0.2, 0) is 16.1 Å². The van der Waals surface area contributed by atoms with Gasteiger partial charge in [0.1, 0.15) is 23.3 Å². The van der Waals surface area contributed by atoms with Crippen molar-refractivity contribution < 1.29 is 29.0 Å². The molecule has 11 nitrogen and oxygen atoms in total. The molecule has 56 heavy (non-hydrogen) atoms. The van der Waals surface area contributed by atoms with Gasteiger partial charge in [0.15, 0.2) is 0 Å². The number of benzene rings is 4. The third-order valence-corrected chi connectivity index (χ3v) is 12.7. The fraction of sp³-hybridized carbons (Fsp3) is 0.400. The highest BCUT2D eigenvalue weighted by Crippen LogP contribution is 2.47. The Balaban J connectivity index is 0.787. The molecule has 0 radical (unpaired) electrons. The second kappa shape index (κ2) is 15.2. The second-order valence-electron chi connectivity index (χ2n) is 15.9. The fourth-order valence-electron chi connectivity index (χ4n) is 9.55.